The first kappa shape index (κ1) is 13.7. The van der Waals surface area contributed by atoms with E-state index < -0.39 is 0 Å². The lowest BCUT2D eigenvalue weighted by molar-refractivity contribution is -0.120. The lowest BCUT2D eigenvalue weighted by Gasteiger charge is -2.16. The molecule has 1 atom stereocenters. The lowest BCUT2D eigenvalue weighted by Crippen LogP contribution is -2.31. The van der Waals surface area contributed by atoms with E-state index >= 15 is 0 Å². The fourth-order valence-corrected chi connectivity index (χ4v) is 1.84. The summed E-state index contributed by atoms with van der Waals surface area (Å²) in [4.78, 5) is 12.0. The molecule has 0 spiro atoms. The molecule has 0 bridgehead atoms. The summed E-state index contributed by atoms with van der Waals surface area (Å²) in [6.07, 6.45) is 0.805. The Morgan fingerprint density at radius 1 is 1.59 bits per heavy atom. The summed E-state index contributed by atoms with van der Waals surface area (Å²) in [5, 5.41) is 7.05. The van der Waals surface area contributed by atoms with Crippen molar-refractivity contribution in [1.29, 1.82) is 0 Å². The molecule has 0 aliphatic heterocycles. The first-order valence-corrected chi connectivity index (χ1v) is 5.95. The molecule has 0 saturated carbocycles. The molecule has 96 valence electrons. The maximum Gasteiger partial charge on any atom is 0.229 e. The first-order valence-electron chi connectivity index (χ1n) is 5.95. The average Bonchev–Trinajstić information content (AvgIpc) is 2.53. The number of hydrogen-bond acceptors (Lipinski definition) is 3. The fraction of sp³-hybridized carbons (Fsp3) is 0.667. The fourth-order valence-electron chi connectivity index (χ4n) is 1.84. The van der Waals surface area contributed by atoms with Crippen molar-refractivity contribution in [3.8, 4) is 0 Å². The van der Waals surface area contributed by atoms with E-state index in [1.807, 2.05) is 20.0 Å². The summed E-state index contributed by atoms with van der Waals surface area (Å²) in [7, 11) is 1.81. The molecule has 0 saturated heterocycles. The molecule has 1 amide bonds. The van der Waals surface area contributed by atoms with Crippen LogP contribution in [-0.2, 0) is 11.8 Å². The van der Waals surface area contributed by atoms with Crippen molar-refractivity contribution >= 4 is 11.7 Å². The van der Waals surface area contributed by atoms with Crippen molar-refractivity contribution < 1.29 is 4.79 Å². The second kappa shape index (κ2) is 5.82. The lowest BCUT2D eigenvalue weighted by atomic mass is 9.96. The van der Waals surface area contributed by atoms with Crippen LogP contribution in [0.3, 0.4) is 0 Å². The Morgan fingerprint density at radius 2 is 2.24 bits per heavy atom. The molecule has 0 aliphatic carbocycles. The van der Waals surface area contributed by atoms with Crippen LogP contribution in [0.5, 0.6) is 0 Å². The highest BCUT2D eigenvalue weighted by atomic mass is 16.2. The molecule has 1 rings (SSSR count). The largest absolute Gasteiger partial charge is 0.330 e. The second-order valence-corrected chi connectivity index (χ2v) is 4.85. The maximum atomic E-state index is 12.0. The number of aryl methyl sites for hydroxylation is 2. The second-order valence-electron chi connectivity index (χ2n) is 4.85. The number of nitrogens with two attached hydrogens (primary N) is 1. The van der Waals surface area contributed by atoms with Crippen molar-refractivity contribution in [3.63, 3.8) is 0 Å². The van der Waals surface area contributed by atoms with Gasteiger partial charge >= 0.3 is 0 Å². The van der Waals surface area contributed by atoms with Crippen LogP contribution in [0.25, 0.3) is 0 Å². The minimum absolute atomic E-state index is 0.0239. The third kappa shape index (κ3) is 3.85. The van der Waals surface area contributed by atoms with E-state index in [1.54, 1.807) is 4.68 Å². The van der Waals surface area contributed by atoms with E-state index in [9.17, 15) is 4.79 Å². The Balaban J connectivity index is 2.67. The third-order valence-corrected chi connectivity index (χ3v) is 2.66. The van der Waals surface area contributed by atoms with Crippen molar-refractivity contribution in [1.82, 2.24) is 9.78 Å². The number of aromatic nitrogens is 2. The van der Waals surface area contributed by atoms with Gasteiger partial charge in [-0.05, 0) is 19.3 Å². The zero-order valence-electron chi connectivity index (χ0n) is 11.0. The number of amides is 1. The molecule has 3 N–H and O–H groups in total. The Bertz CT molecular complexity index is 384. The van der Waals surface area contributed by atoms with Gasteiger partial charge in [0.15, 0.2) is 0 Å². The number of anilines is 1. The van der Waals surface area contributed by atoms with Crippen LogP contribution in [0.1, 0.15) is 26.0 Å². The number of nitrogens with one attached hydrogen (secondary N) is 1. The topological polar surface area (TPSA) is 72.9 Å². The van der Waals surface area contributed by atoms with Crippen molar-refractivity contribution in [3.05, 3.63) is 11.8 Å². The summed E-state index contributed by atoms with van der Waals surface area (Å²) in [6, 6.07) is 1.85. The predicted molar refractivity (Wildman–Crippen MR) is 68.6 cm³/mol. The molecule has 0 aromatic carbocycles. The Kier molecular flexibility index (Phi) is 4.69. The van der Waals surface area contributed by atoms with Crippen LogP contribution in [0, 0.1) is 18.8 Å². The van der Waals surface area contributed by atoms with E-state index in [4.69, 9.17) is 5.73 Å². The third-order valence-electron chi connectivity index (χ3n) is 2.66. The maximum absolute atomic E-state index is 12.0. The first-order chi connectivity index (χ1) is 7.93. The van der Waals surface area contributed by atoms with Gasteiger partial charge in [-0.25, -0.2) is 0 Å². The van der Waals surface area contributed by atoms with Crippen LogP contribution < -0.4 is 11.1 Å². The zero-order chi connectivity index (χ0) is 13.0. The Morgan fingerprint density at radius 3 is 2.65 bits per heavy atom. The van der Waals surface area contributed by atoms with Gasteiger partial charge in [-0.1, -0.05) is 13.8 Å². The summed E-state index contributed by atoms with van der Waals surface area (Å²) >= 11 is 0. The zero-order valence-corrected chi connectivity index (χ0v) is 11.0. The molecule has 1 aromatic rings. The number of hydrogen-bond donors (Lipinski definition) is 2. The van der Waals surface area contributed by atoms with Crippen molar-refractivity contribution in [2.75, 3.05) is 11.9 Å². The van der Waals surface area contributed by atoms with Crippen LogP contribution in [0.15, 0.2) is 6.07 Å². The van der Waals surface area contributed by atoms with E-state index in [-0.39, 0.29) is 11.8 Å². The minimum Gasteiger partial charge on any atom is -0.330 e. The molecule has 0 radical (unpaired) electrons. The van der Waals surface area contributed by atoms with E-state index in [1.165, 1.54) is 0 Å². The molecular weight excluding hydrogens is 216 g/mol. The van der Waals surface area contributed by atoms with Gasteiger partial charge in [0.25, 0.3) is 0 Å². The summed E-state index contributed by atoms with van der Waals surface area (Å²) in [5.41, 5.74) is 6.52. The van der Waals surface area contributed by atoms with Gasteiger partial charge in [0.2, 0.25) is 5.91 Å². The van der Waals surface area contributed by atoms with Gasteiger partial charge in [0, 0.05) is 19.7 Å². The molecule has 5 heteroatoms. The molecule has 17 heavy (non-hydrogen) atoms. The molecule has 0 fully saturated rings. The van der Waals surface area contributed by atoms with E-state index in [2.05, 4.69) is 24.3 Å². The van der Waals surface area contributed by atoms with E-state index in [0.29, 0.717) is 12.5 Å². The Hall–Kier alpha value is -1.36. The summed E-state index contributed by atoms with van der Waals surface area (Å²) in [6.45, 7) is 6.44. The quantitative estimate of drug-likeness (QED) is 0.811. The van der Waals surface area contributed by atoms with Gasteiger partial charge in [-0.15, -0.1) is 0 Å². The SMILES string of the molecule is Cc1cc(NC(=O)C(CN)CC(C)C)n(C)n1. The summed E-state index contributed by atoms with van der Waals surface area (Å²) in [5.74, 6) is 1.02. The van der Waals surface area contributed by atoms with Gasteiger partial charge in [-0.2, -0.15) is 5.10 Å². The van der Waals surface area contributed by atoms with Crippen molar-refractivity contribution in [2.24, 2.45) is 24.6 Å². The highest BCUT2D eigenvalue weighted by Gasteiger charge is 2.19. The summed E-state index contributed by atoms with van der Waals surface area (Å²) < 4.78 is 1.66. The van der Waals surface area contributed by atoms with Crippen molar-refractivity contribution in [2.45, 2.75) is 27.2 Å². The molecule has 5 nitrogen and oxygen atoms in total. The van der Waals surface area contributed by atoms with Gasteiger partial charge < -0.3 is 11.1 Å². The molecule has 0 aliphatic rings. The molecule has 1 unspecified atom stereocenters. The average molecular weight is 238 g/mol. The monoisotopic (exact) mass is 238 g/mol. The number of carbonyl (C=O) groups excluding carboxylic acids is 1. The van der Waals surface area contributed by atoms with Gasteiger partial charge in [-0.3, -0.25) is 9.48 Å². The highest BCUT2D eigenvalue weighted by Crippen LogP contribution is 2.14. The number of nitrogens with zero attached hydrogens (tertiary/aromatic N) is 2. The van der Waals surface area contributed by atoms with Gasteiger partial charge in [0.1, 0.15) is 5.82 Å². The highest BCUT2D eigenvalue weighted by molar-refractivity contribution is 5.91. The van der Waals surface area contributed by atoms with E-state index in [0.717, 1.165) is 17.9 Å². The predicted octanol–water partition coefficient (Wildman–Crippen LogP) is 1.29. The smallest absolute Gasteiger partial charge is 0.229 e. The van der Waals surface area contributed by atoms with Crippen LogP contribution in [0.4, 0.5) is 5.82 Å². The molecule has 1 aromatic heterocycles. The number of carbonyl (C=O) groups is 1. The van der Waals surface area contributed by atoms with Gasteiger partial charge in [0.05, 0.1) is 11.6 Å². The van der Waals surface area contributed by atoms with Crippen LogP contribution in [-0.4, -0.2) is 22.2 Å². The Labute approximate surface area is 102 Å². The molecular formula is C12H22N4O. The standard InChI is InChI=1S/C12H22N4O/c1-8(2)5-10(7-13)12(17)14-11-6-9(3)15-16(11)4/h6,8,10H,5,7,13H2,1-4H3,(H,14,17). The normalized spacial score (nSPS) is 12.8. The molecule has 1 heterocycles. The number of rotatable bonds is 5. The van der Waals surface area contributed by atoms with Crippen LogP contribution in [0.2, 0.25) is 0 Å². The minimum atomic E-state index is -0.134. The van der Waals surface area contributed by atoms with Crippen LogP contribution >= 0.6 is 0 Å².